The summed E-state index contributed by atoms with van der Waals surface area (Å²) in [6.45, 7) is 11.5. The van der Waals surface area contributed by atoms with Crippen molar-refractivity contribution in [3.8, 4) is 0 Å². The van der Waals surface area contributed by atoms with E-state index in [0.29, 0.717) is 12.3 Å². The Labute approximate surface area is 119 Å². The minimum absolute atomic E-state index is 0. The van der Waals surface area contributed by atoms with Crippen molar-refractivity contribution >= 4 is 24.2 Å². The Morgan fingerprint density at radius 3 is 2.33 bits per heavy atom. The molecule has 0 saturated heterocycles. The van der Waals surface area contributed by atoms with E-state index in [0.717, 1.165) is 10.2 Å². The first-order chi connectivity index (χ1) is 7.69. The van der Waals surface area contributed by atoms with Gasteiger partial charge in [-0.25, -0.2) is 0 Å². The quantitative estimate of drug-likeness (QED) is 0.821. The van der Waals surface area contributed by atoms with Gasteiger partial charge in [-0.05, 0) is 34.1 Å². The zero-order valence-corrected chi connectivity index (χ0v) is 13.7. The van der Waals surface area contributed by atoms with Gasteiger partial charge in [0.1, 0.15) is 5.69 Å². The maximum absolute atomic E-state index is 9.04. The van der Waals surface area contributed by atoms with Crippen LogP contribution in [0.1, 0.15) is 39.6 Å². The number of halogens is 1. The van der Waals surface area contributed by atoms with Crippen LogP contribution in [0.15, 0.2) is 4.47 Å². The largest absolute Gasteiger partial charge is 0.411 e. The van der Waals surface area contributed by atoms with Crippen molar-refractivity contribution < 1.29 is 9.53 Å². The van der Waals surface area contributed by atoms with Crippen molar-refractivity contribution in [3.05, 3.63) is 15.9 Å². The second-order valence-corrected chi connectivity index (χ2v) is 11.3. The molecule has 0 saturated carbocycles. The molecule has 0 aliphatic rings. The molecule has 0 fully saturated rings. The van der Waals surface area contributed by atoms with Gasteiger partial charge in [0.15, 0.2) is 8.32 Å². The highest BCUT2D eigenvalue weighted by atomic mass is 79.9. The van der Waals surface area contributed by atoms with Crippen LogP contribution in [-0.2, 0) is 17.6 Å². The van der Waals surface area contributed by atoms with Gasteiger partial charge in [-0.1, -0.05) is 28.2 Å². The van der Waals surface area contributed by atoms with Gasteiger partial charge in [-0.15, -0.1) is 0 Å². The zero-order chi connectivity index (χ0) is 13.3. The van der Waals surface area contributed by atoms with Crippen molar-refractivity contribution in [1.82, 2.24) is 10.2 Å². The highest BCUT2D eigenvalue weighted by molar-refractivity contribution is 9.10. The molecule has 1 rings (SSSR count). The lowest BCUT2D eigenvalue weighted by Crippen LogP contribution is -2.40. The molecule has 0 spiro atoms. The van der Waals surface area contributed by atoms with E-state index in [1.807, 2.05) is 0 Å². The molecule has 0 unspecified atom stereocenters. The molecule has 1 aromatic rings. The average Bonchev–Trinajstić information content (AvgIpc) is 2.55. The fourth-order valence-electron chi connectivity index (χ4n) is 1.08. The number of rotatable bonds is 4. The summed E-state index contributed by atoms with van der Waals surface area (Å²) < 4.78 is 6.89. The van der Waals surface area contributed by atoms with Crippen molar-refractivity contribution in [2.75, 3.05) is 0 Å². The Hall–Kier alpha value is -0.173. The molecule has 106 valence electrons. The van der Waals surface area contributed by atoms with Gasteiger partial charge in [0, 0.05) is 0 Å². The number of aromatic nitrogens is 2. The summed E-state index contributed by atoms with van der Waals surface area (Å²) in [6.07, 6.45) is 0. The molecule has 0 aliphatic heterocycles. The molecule has 1 heterocycles. The molecule has 18 heavy (non-hydrogen) atoms. The third-order valence-electron chi connectivity index (χ3n) is 3.38. The summed E-state index contributed by atoms with van der Waals surface area (Å²) in [5.41, 5.74) is 1.51. The second kappa shape index (κ2) is 6.32. The highest BCUT2D eigenvalue weighted by Crippen LogP contribution is 2.37. The Morgan fingerprint density at radius 1 is 1.39 bits per heavy atom. The van der Waals surface area contributed by atoms with Crippen LogP contribution >= 0.6 is 15.9 Å². The van der Waals surface area contributed by atoms with E-state index < -0.39 is 8.32 Å². The minimum atomic E-state index is -1.74. The first kappa shape index (κ1) is 17.8. The van der Waals surface area contributed by atoms with Gasteiger partial charge in [-0.3, -0.25) is 5.10 Å². The average molecular weight is 337 g/mol. The van der Waals surface area contributed by atoms with E-state index >= 15 is 0 Å². The monoisotopic (exact) mass is 336 g/mol. The van der Waals surface area contributed by atoms with Gasteiger partial charge >= 0.3 is 0 Å². The summed E-state index contributed by atoms with van der Waals surface area (Å²) >= 11 is 3.41. The van der Waals surface area contributed by atoms with E-state index in [1.54, 1.807) is 0 Å². The number of hydrogen-bond acceptors (Lipinski definition) is 3. The summed E-state index contributed by atoms with van der Waals surface area (Å²) in [5, 5.41) is 16.1. The standard InChI is InChI=1S/C11H21BrN2O2Si.CH4/c1-11(2,3)17(4,5)16-7-9-10(12)8(6-15)13-14-9;/h15H,6-7H2,1-5H3,(H,13,14);1H4. The topological polar surface area (TPSA) is 58.1 Å². The summed E-state index contributed by atoms with van der Waals surface area (Å²) in [4.78, 5) is 0. The highest BCUT2D eigenvalue weighted by Gasteiger charge is 2.37. The molecule has 4 nitrogen and oxygen atoms in total. The van der Waals surface area contributed by atoms with Gasteiger partial charge in [-0.2, -0.15) is 5.10 Å². The predicted molar refractivity (Wildman–Crippen MR) is 80.9 cm³/mol. The lowest BCUT2D eigenvalue weighted by atomic mass is 10.2. The number of nitrogens with one attached hydrogen (secondary N) is 1. The summed E-state index contributed by atoms with van der Waals surface area (Å²) in [5.74, 6) is 0. The number of nitrogens with zero attached hydrogens (tertiary/aromatic N) is 1. The lowest BCUT2D eigenvalue weighted by molar-refractivity contribution is 0.270. The smallest absolute Gasteiger partial charge is 0.192 e. The van der Waals surface area contributed by atoms with E-state index in [2.05, 4.69) is 60.0 Å². The molecular weight excluding hydrogens is 312 g/mol. The Bertz CT molecular complexity index is 386. The zero-order valence-electron chi connectivity index (χ0n) is 11.1. The van der Waals surface area contributed by atoms with Crippen LogP contribution in [0.4, 0.5) is 0 Å². The molecule has 0 bridgehead atoms. The maximum Gasteiger partial charge on any atom is 0.192 e. The maximum atomic E-state index is 9.04. The normalized spacial score (nSPS) is 12.4. The lowest BCUT2D eigenvalue weighted by Gasteiger charge is -2.36. The molecule has 0 amide bonds. The van der Waals surface area contributed by atoms with Crippen LogP contribution in [0.25, 0.3) is 0 Å². The van der Waals surface area contributed by atoms with Crippen LogP contribution in [0.5, 0.6) is 0 Å². The van der Waals surface area contributed by atoms with Gasteiger partial charge < -0.3 is 9.53 Å². The van der Waals surface area contributed by atoms with E-state index in [1.165, 1.54) is 0 Å². The van der Waals surface area contributed by atoms with Crippen LogP contribution in [0.3, 0.4) is 0 Å². The van der Waals surface area contributed by atoms with Gasteiger partial charge in [0.05, 0.1) is 23.4 Å². The van der Waals surface area contributed by atoms with Crippen molar-refractivity contribution in [1.29, 1.82) is 0 Å². The number of aliphatic hydroxyl groups excluding tert-OH is 1. The SMILES string of the molecule is C.CC(C)(C)[Si](C)(C)OCc1[nH]nc(CO)c1Br. The molecule has 0 aromatic carbocycles. The number of aromatic amines is 1. The molecule has 6 heteroatoms. The van der Waals surface area contributed by atoms with Crippen molar-refractivity contribution in [2.24, 2.45) is 0 Å². The van der Waals surface area contributed by atoms with Crippen LogP contribution in [-0.4, -0.2) is 23.6 Å². The summed E-state index contributed by atoms with van der Waals surface area (Å²) in [7, 11) is -1.74. The molecule has 0 aliphatic carbocycles. The Kier molecular flexibility index (Phi) is 6.26. The number of aliphatic hydroxyl groups is 1. The van der Waals surface area contributed by atoms with Crippen molar-refractivity contribution in [3.63, 3.8) is 0 Å². The Balaban J connectivity index is 0.00000289. The van der Waals surface area contributed by atoms with Crippen LogP contribution in [0, 0.1) is 0 Å². The first-order valence-electron chi connectivity index (χ1n) is 5.65. The third-order valence-corrected chi connectivity index (χ3v) is 8.79. The second-order valence-electron chi connectivity index (χ2n) is 5.67. The van der Waals surface area contributed by atoms with E-state index in [4.69, 9.17) is 9.53 Å². The summed E-state index contributed by atoms with van der Waals surface area (Å²) in [6, 6.07) is 0. The van der Waals surface area contributed by atoms with Crippen molar-refractivity contribution in [2.45, 2.75) is 59.5 Å². The number of H-pyrrole nitrogens is 1. The minimum Gasteiger partial charge on any atom is -0.411 e. The van der Waals surface area contributed by atoms with E-state index in [9.17, 15) is 0 Å². The molecule has 2 N–H and O–H groups in total. The van der Waals surface area contributed by atoms with Crippen LogP contribution < -0.4 is 0 Å². The van der Waals surface area contributed by atoms with E-state index in [-0.39, 0.29) is 19.1 Å². The predicted octanol–water partition coefficient (Wildman–Crippen LogP) is 3.82. The fourth-order valence-corrected chi connectivity index (χ4v) is 2.43. The molecular formula is C12H25BrN2O2Si. The van der Waals surface area contributed by atoms with Gasteiger partial charge in [0.25, 0.3) is 0 Å². The third kappa shape index (κ3) is 3.91. The number of hydrogen-bond donors (Lipinski definition) is 2. The molecule has 0 radical (unpaired) electrons. The van der Waals surface area contributed by atoms with Gasteiger partial charge in [0.2, 0.25) is 0 Å². The Morgan fingerprint density at radius 2 is 1.94 bits per heavy atom. The first-order valence-corrected chi connectivity index (χ1v) is 9.35. The fraction of sp³-hybridized carbons (Fsp3) is 0.750. The van der Waals surface area contributed by atoms with Crippen LogP contribution in [0.2, 0.25) is 18.1 Å². The molecule has 0 atom stereocenters. The molecule has 1 aromatic heterocycles.